The van der Waals surface area contributed by atoms with Gasteiger partial charge in [0, 0.05) is 18.2 Å². The second-order valence-electron chi connectivity index (χ2n) is 4.51. The molecular formula is C14H20N2O2S. The van der Waals surface area contributed by atoms with Gasteiger partial charge in [-0.3, -0.25) is 10.1 Å². The van der Waals surface area contributed by atoms with Crippen LogP contribution in [-0.2, 0) is 11.2 Å². The SMILES string of the molecule is COc1ccc(CCCNC(=O)C2CSCN2)cc1. The van der Waals surface area contributed by atoms with Crippen molar-refractivity contribution in [2.75, 3.05) is 25.3 Å². The number of hydrogen-bond acceptors (Lipinski definition) is 4. The minimum Gasteiger partial charge on any atom is -0.497 e. The number of hydrogen-bond donors (Lipinski definition) is 2. The first-order valence-electron chi connectivity index (χ1n) is 6.51. The van der Waals surface area contributed by atoms with Crippen molar-refractivity contribution in [3.63, 3.8) is 0 Å². The number of benzene rings is 1. The molecule has 2 rings (SSSR count). The van der Waals surface area contributed by atoms with E-state index >= 15 is 0 Å². The van der Waals surface area contributed by atoms with E-state index in [1.165, 1.54) is 5.56 Å². The van der Waals surface area contributed by atoms with Crippen LogP contribution in [0.15, 0.2) is 24.3 Å². The van der Waals surface area contributed by atoms with Gasteiger partial charge in [-0.05, 0) is 30.5 Å². The van der Waals surface area contributed by atoms with Crippen LogP contribution in [0.1, 0.15) is 12.0 Å². The fraction of sp³-hybridized carbons (Fsp3) is 0.500. The molecule has 2 N–H and O–H groups in total. The van der Waals surface area contributed by atoms with Crippen LogP contribution in [0.5, 0.6) is 5.75 Å². The van der Waals surface area contributed by atoms with E-state index in [0.29, 0.717) is 0 Å². The summed E-state index contributed by atoms with van der Waals surface area (Å²) in [4.78, 5) is 11.7. The summed E-state index contributed by atoms with van der Waals surface area (Å²) in [6.45, 7) is 0.730. The van der Waals surface area contributed by atoms with Crippen LogP contribution in [-0.4, -0.2) is 37.2 Å². The zero-order valence-electron chi connectivity index (χ0n) is 11.1. The Hall–Kier alpha value is -1.20. The molecule has 1 aromatic rings. The molecule has 1 aromatic carbocycles. The van der Waals surface area contributed by atoms with Gasteiger partial charge in [-0.15, -0.1) is 11.8 Å². The fourth-order valence-corrected chi connectivity index (χ4v) is 2.92. The Morgan fingerprint density at radius 2 is 2.26 bits per heavy atom. The summed E-state index contributed by atoms with van der Waals surface area (Å²) < 4.78 is 5.12. The highest BCUT2D eigenvalue weighted by molar-refractivity contribution is 7.99. The van der Waals surface area contributed by atoms with Gasteiger partial charge in [0.15, 0.2) is 0 Å². The average molecular weight is 280 g/mol. The molecule has 1 aliphatic rings. The highest BCUT2D eigenvalue weighted by Crippen LogP contribution is 2.12. The summed E-state index contributed by atoms with van der Waals surface area (Å²) in [5.74, 6) is 2.76. The predicted molar refractivity (Wildman–Crippen MR) is 78.6 cm³/mol. The number of methoxy groups -OCH3 is 1. The molecule has 104 valence electrons. The first-order valence-corrected chi connectivity index (χ1v) is 7.67. The number of carbonyl (C=O) groups is 1. The fourth-order valence-electron chi connectivity index (χ4n) is 1.98. The molecule has 1 saturated heterocycles. The third-order valence-corrected chi connectivity index (χ3v) is 4.07. The van der Waals surface area contributed by atoms with Gasteiger partial charge in [-0.25, -0.2) is 0 Å². The molecule has 1 fully saturated rings. The lowest BCUT2D eigenvalue weighted by Crippen LogP contribution is -2.42. The Labute approximate surface area is 118 Å². The highest BCUT2D eigenvalue weighted by atomic mass is 32.2. The Morgan fingerprint density at radius 3 is 2.89 bits per heavy atom. The lowest BCUT2D eigenvalue weighted by atomic mass is 10.1. The number of thioether (sulfide) groups is 1. The zero-order valence-corrected chi connectivity index (χ0v) is 12.0. The van der Waals surface area contributed by atoms with Crippen LogP contribution in [0.3, 0.4) is 0 Å². The quantitative estimate of drug-likeness (QED) is 0.774. The van der Waals surface area contributed by atoms with E-state index in [1.807, 2.05) is 12.1 Å². The van der Waals surface area contributed by atoms with Gasteiger partial charge in [0.1, 0.15) is 5.75 Å². The molecule has 0 saturated carbocycles. The molecule has 4 nitrogen and oxygen atoms in total. The summed E-state index contributed by atoms with van der Waals surface area (Å²) in [7, 11) is 1.67. The number of amides is 1. The van der Waals surface area contributed by atoms with Gasteiger partial charge >= 0.3 is 0 Å². The van der Waals surface area contributed by atoms with Crippen LogP contribution in [0.25, 0.3) is 0 Å². The van der Waals surface area contributed by atoms with Crippen molar-refractivity contribution in [2.24, 2.45) is 0 Å². The number of carbonyl (C=O) groups excluding carboxylic acids is 1. The first kappa shape index (κ1) is 14.2. The highest BCUT2D eigenvalue weighted by Gasteiger charge is 2.21. The zero-order chi connectivity index (χ0) is 13.5. The maximum absolute atomic E-state index is 11.7. The molecule has 1 heterocycles. The van der Waals surface area contributed by atoms with Gasteiger partial charge < -0.3 is 10.1 Å². The molecule has 1 amide bonds. The molecule has 0 spiro atoms. The van der Waals surface area contributed by atoms with E-state index < -0.39 is 0 Å². The summed E-state index contributed by atoms with van der Waals surface area (Å²) in [6.07, 6.45) is 1.93. The van der Waals surface area contributed by atoms with E-state index in [2.05, 4.69) is 22.8 Å². The molecule has 1 atom stereocenters. The standard InChI is InChI=1S/C14H20N2O2S/c1-18-12-6-4-11(5-7-12)3-2-8-15-14(17)13-9-19-10-16-13/h4-7,13,16H,2-3,8-10H2,1H3,(H,15,17). The molecule has 0 aliphatic carbocycles. The first-order chi connectivity index (χ1) is 9.29. The number of nitrogens with one attached hydrogen (secondary N) is 2. The molecule has 19 heavy (non-hydrogen) atoms. The third kappa shape index (κ3) is 4.44. The van der Waals surface area contributed by atoms with Gasteiger partial charge in [0.2, 0.25) is 5.91 Å². The topological polar surface area (TPSA) is 50.4 Å². The smallest absolute Gasteiger partial charge is 0.238 e. The molecular weight excluding hydrogens is 260 g/mol. The van der Waals surface area contributed by atoms with Crippen LogP contribution >= 0.6 is 11.8 Å². The Morgan fingerprint density at radius 1 is 1.47 bits per heavy atom. The molecule has 0 bridgehead atoms. The van der Waals surface area contributed by atoms with Crippen molar-refractivity contribution < 1.29 is 9.53 Å². The van der Waals surface area contributed by atoms with Crippen molar-refractivity contribution in [3.8, 4) is 5.75 Å². The summed E-state index contributed by atoms with van der Waals surface area (Å²) >= 11 is 1.77. The van der Waals surface area contributed by atoms with Gasteiger partial charge in [-0.2, -0.15) is 0 Å². The van der Waals surface area contributed by atoms with E-state index in [4.69, 9.17) is 4.74 Å². The summed E-state index contributed by atoms with van der Waals surface area (Å²) in [5, 5.41) is 6.14. The number of aryl methyl sites for hydroxylation is 1. The number of ether oxygens (including phenoxy) is 1. The minimum absolute atomic E-state index is 0.00835. The van der Waals surface area contributed by atoms with E-state index in [9.17, 15) is 4.79 Å². The summed E-state index contributed by atoms with van der Waals surface area (Å²) in [6, 6.07) is 8.05. The Balaban J connectivity index is 1.64. The maximum atomic E-state index is 11.7. The van der Waals surface area contributed by atoms with Crippen LogP contribution < -0.4 is 15.4 Å². The molecule has 0 radical (unpaired) electrons. The molecule has 1 aliphatic heterocycles. The lowest BCUT2D eigenvalue weighted by Gasteiger charge is -2.10. The Bertz CT molecular complexity index is 402. The molecule has 0 aromatic heterocycles. The lowest BCUT2D eigenvalue weighted by molar-refractivity contribution is -0.122. The van der Waals surface area contributed by atoms with Crippen LogP contribution in [0, 0.1) is 0 Å². The minimum atomic E-state index is -0.00835. The average Bonchev–Trinajstić information content (AvgIpc) is 2.98. The largest absolute Gasteiger partial charge is 0.497 e. The molecule has 1 unspecified atom stereocenters. The van der Waals surface area contributed by atoms with Gasteiger partial charge in [-0.1, -0.05) is 12.1 Å². The third-order valence-electron chi connectivity index (χ3n) is 3.13. The second-order valence-corrected chi connectivity index (χ2v) is 5.54. The van der Waals surface area contributed by atoms with Gasteiger partial charge in [0.05, 0.1) is 13.2 Å². The Kier molecular flexibility index (Phi) is 5.54. The second kappa shape index (κ2) is 7.40. The van der Waals surface area contributed by atoms with Crippen molar-refractivity contribution in [2.45, 2.75) is 18.9 Å². The maximum Gasteiger partial charge on any atom is 0.238 e. The van der Waals surface area contributed by atoms with E-state index in [-0.39, 0.29) is 11.9 Å². The monoisotopic (exact) mass is 280 g/mol. The van der Waals surface area contributed by atoms with Crippen LogP contribution in [0.4, 0.5) is 0 Å². The molecule has 5 heteroatoms. The van der Waals surface area contributed by atoms with Crippen LogP contribution in [0.2, 0.25) is 0 Å². The van der Waals surface area contributed by atoms with Gasteiger partial charge in [0.25, 0.3) is 0 Å². The summed E-state index contributed by atoms with van der Waals surface area (Å²) in [5.41, 5.74) is 1.27. The number of rotatable bonds is 6. The predicted octanol–water partition coefficient (Wildman–Crippen LogP) is 1.41. The van der Waals surface area contributed by atoms with Crippen molar-refractivity contribution in [3.05, 3.63) is 29.8 Å². The van der Waals surface area contributed by atoms with E-state index in [1.54, 1.807) is 18.9 Å². The normalized spacial score (nSPS) is 18.3. The van der Waals surface area contributed by atoms with Crippen molar-refractivity contribution in [1.29, 1.82) is 0 Å². The van der Waals surface area contributed by atoms with Crippen molar-refractivity contribution >= 4 is 17.7 Å². The van der Waals surface area contributed by atoms with Crippen molar-refractivity contribution in [1.82, 2.24) is 10.6 Å². The van der Waals surface area contributed by atoms with E-state index in [0.717, 1.165) is 36.8 Å².